The van der Waals surface area contributed by atoms with Gasteiger partial charge in [0.05, 0.1) is 18.4 Å². The highest BCUT2D eigenvalue weighted by Crippen LogP contribution is 2.43. The monoisotopic (exact) mass is 338 g/mol. The zero-order valence-electron chi connectivity index (χ0n) is 12.4. The summed E-state index contributed by atoms with van der Waals surface area (Å²) in [4.78, 5) is 4.24. The summed E-state index contributed by atoms with van der Waals surface area (Å²) in [6.07, 6.45) is 0.753. The van der Waals surface area contributed by atoms with Crippen molar-refractivity contribution < 1.29 is 9.15 Å². The van der Waals surface area contributed by atoms with Crippen molar-refractivity contribution in [2.75, 3.05) is 12.8 Å². The molecule has 4 nitrogen and oxygen atoms in total. The molecule has 0 amide bonds. The van der Waals surface area contributed by atoms with Crippen molar-refractivity contribution in [1.82, 2.24) is 4.98 Å². The third-order valence-corrected chi connectivity index (χ3v) is 4.83. The van der Waals surface area contributed by atoms with Gasteiger partial charge in [-0.05, 0) is 43.9 Å². The number of oxazole rings is 1. The molecule has 0 spiro atoms. The van der Waals surface area contributed by atoms with Crippen molar-refractivity contribution in [3.05, 3.63) is 26.9 Å². The number of methoxy groups -OCH3 is 1. The van der Waals surface area contributed by atoms with Crippen LogP contribution in [0.1, 0.15) is 29.3 Å². The molecule has 0 unspecified atom stereocenters. The van der Waals surface area contributed by atoms with Crippen LogP contribution in [0.4, 0.5) is 6.01 Å². The topological polar surface area (TPSA) is 61.3 Å². The molecule has 108 valence electrons. The van der Waals surface area contributed by atoms with Crippen LogP contribution in [0.5, 0.6) is 5.75 Å². The van der Waals surface area contributed by atoms with Crippen LogP contribution in [0.2, 0.25) is 0 Å². The first kappa shape index (κ1) is 14.9. The number of nitrogens with two attached hydrogens (primary N) is 1. The molecule has 2 rings (SSSR count). The van der Waals surface area contributed by atoms with Gasteiger partial charge in [-0.25, -0.2) is 0 Å². The van der Waals surface area contributed by atoms with E-state index in [0.29, 0.717) is 5.76 Å². The molecule has 0 bridgehead atoms. The van der Waals surface area contributed by atoms with Gasteiger partial charge in [-0.3, -0.25) is 0 Å². The number of ether oxygens (including phenoxy) is 1. The summed E-state index contributed by atoms with van der Waals surface area (Å²) in [5.74, 6) is 1.51. The number of benzene rings is 1. The van der Waals surface area contributed by atoms with E-state index in [0.717, 1.165) is 44.6 Å². The summed E-state index contributed by atoms with van der Waals surface area (Å²) in [7, 11) is 1.67. The van der Waals surface area contributed by atoms with E-state index in [1.165, 1.54) is 0 Å². The average molecular weight is 339 g/mol. The fourth-order valence-corrected chi connectivity index (χ4v) is 2.91. The Labute approximate surface area is 127 Å². The molecule has 1 heterocycles. The Bertz CT molecular complexity index is 663. The second-order valence-electron chi connectivity index (χ2n) is 4.78. The minimum Gasteiger partial charge on any atom is -0.496 e. The van der Waals surface area contributed by atoms with Crippen LogP contribution in [0.3, 0.4) is 0 Å². The minimum atomic E-state index is 0.188. The van der Waals surface area contributed by atoms with Crippen LogP contribution in [0.25, 0.3) is 11.3 Å². The number of rotatable bonds is 3. The largest absolute Gasteiger partial charge is 0.496 e. The first-order chi connectivity index (χ1) is 9.42. The maximum absolute atomic E-state index is 5.71. The highest BCUT2D eigenvalue weighted by atomic mass is 79.9. The van der Waals surface area contributed by atoms with Crippen molar-refractivity contribution in [1.29, 1.82) is 0 Å². The van der Waals surface area contributed by atoms with Crippen molar-refractivity contribution >= 4 is 21.9 Å². The van der Waals surface area contributed by atoms with Gasteiger partial charge in [0.25, 0.3) is 6.01 Å². The van der Waals surface area contributed by atoms with E-state index < -0.39 is 0 Å². The van der Waals surface area contributed by atoms with Gasteiger partial charge in [0.1, 0.15) is 5.75 Å². The van der Waals surface area contributed by atoms with E-state index in [9.17, 15) is 0 Å². The molecule has 0 radical (unpaired) electrons. The van der Waals surface area contributed by atoms with Gasteiger partial charge in [0.15, 0.2) is 5.76 Å². The van der Waals surface area contributed by atoms with Crippen LogP contribution < -0.4 is 10.5 Å². The smallest absolute Gasteiger partial charge is 0.292 e. The Hall–Kier alpha value is -1.49. The van der Waals surface area contributed by atoms with Gasteiger partial charge in [-0.1, -0.05) is 22.9 Å². The number of aryl methyl sites for hydroxylation is 1. The standard InChI is InChI=1S/C15H19BrN2O2/c1-6-10-14(20-15(17)18-10)11-9(4)12(16)7(2)8(3)13(11)19-5/h6H2,1-5H3,(H2,17,18). The molecule has 0 saturated heterocycles. The molecule has 1 aromatic carbocycles. The van der Waals surface area contributed by atoms with Gasteiger partial charge in [0, 0.05) is 4.47 Å². The summed E-state index contributed by atoms with van der Waals surface area (Å²) in [5, 5.41) is 0. The molecule has 0 atom stereocenters. The van der Waals surface area contributed by atoms with Crippen LogP contribution in [-0.4, -0.2) is 12.1 Å². The summed E-state index contributed by atoms with van der Waals surface area (Å²) in [5.41, 5.74) is 10.8. The zero-order chi connectivity index (χ0) is 15.0. The minimum absolute atomic E-state index is 0.188. The predicted octanol–water partition coefficient (Wildman–Crippen LogP) is 4.18. The molecule has 5 heteroatoms. The molecular weight excluding hydrogens is 320 g/mol. The molecule has 0 saturated carbocycles. The maximum atomic E-state index is 5.71. The fraction of sp³-hybridized carbons (Fsp3) is 0.400. The summed E-state index contributed by atoms with van der Waals surface area (Å²) in [6, 6.07) is 0.188. The molecule has 2 aromatic rings. The molecular formula is C15H19BrN2O2. The number of aromatic nitrogens is 1. The summed E-state index contributed by atoms with van der Waals surface area (Å²) in [6.45, 7) is 8.16. The second-order valence-corrected chi connectivity index (χ2v) is 5.57. The zero-order valence-corrected chi connectivity index (χ0v) is 14.0. The Kier molecular flexibility index (Phi) is 4.09. The van der Waals surface area contributed by atoms with Crippen molar-refractivity contribution in [2.24, 2.45) is 0 Å². The quantitative estimate of drug-likeness (QED) is 0.911. The Morgan fingerprint density at radius 3 is 2.40 bits per heavy atom. The number of nitrogens with zero attached hydrogens (tertiary/aromatic N) is 1. The molecule has 0 aliphatic rings. The Morgan fingerprint density at radius 1 is 1.20 bits per heavy atom. The molecule has 1 aromatic heterocycles. The SMILES string of the molecule is CCc1nc(N)oc1-c1c(C)c(Br)c(C)c(C)c1OC. The summed E-state index contributed by atoms with van der Waals surface area (Å²) >= 11 is 3.65. The van der Waals surface area contributed by atoms with Crippen LogP contribution in [0, 0.1) is 20.8 Å². The number of halogens is 1. The van der Waals surface area contributed by atoms with E-state index in [2.05, 4.69) is 27.8 Å². The van der Waals surface area contributed by atoms with Gasteiger partial charge in [-0.15, -0.1) is 0 Å². The van der Waals surface area contributed by atoms with E-state index in [1.807, 2.05) is 20.8 Å². The van der Waals surface area contributed by atoms with E-state index in [-0.39, 0.29) is 6.01 Å². The molecule has 20 heavy (non-hydrogen) atoms. The first-order valence-electron chi connectivity index (χ1n) is 6.51. The Morgan fingerprint density at radius 2 is 1.85 bits per heavy atom. The second kappa shape index (κ2) is 5.48. The Balaban J connectivity index is 2.85. The van der Waals surface area contributed by atoms with Crippen LogP contribution in [-0.2, 0) is 6.42 Å². The van der Waals surface area contributed by atoms with Crippen LogP contribution in [0.15, 0.2) is 8.89 Å². The third kappa shape index (κ3) is 2.20. The number of hydrogen-bond donors (Lipinski definition) is 1. The molecule has 0 aliphatic carbocycles. The molecule has 2 N–H and O–H groups in total. The van der Waals surface area contributed by atoms with Gasteiger partial charge in [0.2, 0.25) is 0 Å². The van der Waals surface area contributed by atoms with Gasteiger partial charge < -0.3 is 14.9 Å². The first-order valence-corrected chi connectivity index (χ1v) is 7.30. The lowest BCUT2D eigenvalue weighted by atomic mass is 9.96. The number of nitrogen functional groups attached to an aromatic ring is 1. The van der Waals surface area contributed by atoms with Crippen LogP contribution >= 0.6 is 15.9 Å². The van der Waals surface area contributed by atoms with Crippen molar-refractivity contribution in [2.45, 2.75) is 34.1 Å². The normalized spacial score (nSPS) is 10.9. The van der Waals surface area contributed by atoms with E-state index in [1.54, 1.807) is 7.11 Å². The van der Waals surface area contributed by atoms with Gasteiger partial charge >= 0.3 is 0 Å². The highest BCUT2D eigenvalue weighted by Gasteiger charge is 2.23. The van der Waals surface area contributed by atoms with Crippen molar-refractivity contribution in [3.8, 4) is 17.1 Å². The maximum Gasteiger partial charge on any atom is 0.292 e. The average Bonchev–Trinajstić information content (AvgIpc) is 2.80. The number of hydrogen-bond acceptors (Lipinski definition) is 4. The molecule has 0 aliphatic heterocycles. The van der Waals surface area contributed by atoms with E-state index in [4.69, 9.17) is 14.9 Å². The lowest BCUT2D eigenvalue weighted by Gasteiger charge is -2.17. The lowest BCUT2D eigenvalue weighted by molar-refractivity contribution is 0.411. The van der Waals surface area contributed by atoms with Gasteiger partial charge in [-0.2, -0.15) is 4.98 Å². The number of anilines is 1. The third-order valence-electron chi connectivity index (χ3n) is 3.64. The lowest BCUT2D eigenvalue weighted by Crippen LogP contribution is -1.99. The fourth-order valence-electron chi connectivity index (χ4n) is 2.42. The molecule has 0 fully saturated rings. The predicted molar refractivity (Wildman–Crippen MR) is 84.2 cm³/mol. The highest BCUT2D eigenvalue weighted by molar-refractivity contribution is 9.10. The summed E-state index contributed by atoms with van der Waals surface area (Å²) < 4.78 is 12.3. The van der Waals surface area contributed by atoms with Crippen molar-refractivity contribution in [3.63, 3.8) is 0 Å². The van der Waals surface area contributed by atoms with E-state index >= 15 is 0 Å².